The van der Waals surface area contributed by atoms with Gasteiger partial charge in [0.25, 0.3) is 5.91 Å². The molecule has 1 N–H and O–H groups in total. The predicted octanol–water partition coefficient (Wildman–Crippen LogP) is 5.11. The first-order chi connectivity index (χ1) is 16.8. The van der Waals surface area contributed by atoms with E-state index in [-0.39, 0.29) is 22.6 Å². The third-order valence-electron chi connectivity index (χ3n) is 6.24. The van der Waals surface area contributed by atoms with Crippen molar-refractivity contribution >= 4 is 27.5 Å². The van der Waals surface area contributed by atoms with E-state index < -0.39 is 33.5 Å². The second-order valence-corrected chi connectivity index (χ2v) is 11.4. The minimum atomic E-state index is -4.45. The van der Waals surface area contributed by atoms with Crippen molar-refractivity contribution < 1.29 is 35.5 Å². The molecule has 1 aliphatic heterocycles. The van der Waals surface area contributed by atoms with Gasteiger partial charge >= 0.3 is 6.18 Å². The number of sulfonamides is 1. The fourth-order valence-corrected chi connectivity index (χ4v) is 4.93. The summed E-state index contributed by atoms with van der Waals surface area (Å²) in [6.45, 7) is 1.62. The van der Waals surface area contributed by atoms with Crippen molar-refractivity contribution in [3.05, 3.63) is 63.4 Å². The number of carbonyl (C=O) groups is 1. The van der Waals surface area contributed by atoms with Crippen LogP contribution in [-0.4, -0.2) is 44.7 Å². The number of rotatable bonds is 7. The molecule has 0 radical (unpaired) electrons. The lowest BCUT2D eigenvalue weighted by Crippen LogP contribution is -2.38. The smallest absolute Gasteiger partial charge is 0.416 e. The van der Waals surface area contributed by atoms with Crippen molar-refractivity contribution in [2.45, 2.75) is 50.4 Å². The molecule has 6 nitrogen and oxygen atoms in total. The molecule has 1 saturated carbocycles. The SMILES string of the molecule is CS(=O)(=O)NC(=O)c1cc(C2CC2)c(OC2CCN(Cc3ccc(C(F)(F)F)cc3Cl)CC2)cc1F. The van der Waals surface area contributed by atoms with E-state index in [2.05, 4.69) is 4.90 Å². The van der Waals surface area contributed by atoms with Crippen molar-refractivity contribution in [2.24, 2.45) is 0 Å². The lowest BCUT2D eigenvalue weighted by molar-refractivity contribution is -0.137. The summed E-state index contributed by atoms with van der Waals surface area (Å²) in [6, 6.07) is 5.84. The average molecular weight is 549 g/mol. The average Bonchev–Trinajstić information content (AvgIpc) is 3.60. The van der Waals surface area contributed by atoms with Gasteiger partial charge in [0.15, 0.2) is 0 Å². The van der Waals surface area contributed by atoms with Gasteiger partial charge in [-0.2, -0.15) is 13.2 Å². The largest absolute Gasteiger partial charge is 0.490 e. The molecule has 0 unspecified atom stereocenters. The number of ether oxygens (including phenoxy) is 1. The third kappa shape index (κ3) is 6.68. The normalized spacial score (nSPS) is 17.7. The van der Waals surface area contributed by atoms with Crippen LogP contribution in [-0.2, 0) is 22.7 Å². The molecule has 4 rings (SSSR count). The molecule has 1 saturated heterocycles. The van der Waals surface area contributed by atoms with Crippen molar-refractivity contribution in [2.75, 3.05) is 19.3 Å². The summed E-state index contributed by atoms with van der Waals surface area (Å²) in [5.41, 5.74) is 0.138. The van der Waals surface area contributed by atoms with Crippen molar-refractivity contribution in [1.82, 2.24) is 9.62 Å². The van der Waals surface area contributed by atoms with Gasteiger partial charge in [0.2, 0.25) is 10.0 Å². The molecule has 36 heavy (non-hydrogen) atoms. The molecule has 2 aromatic carbocycles. The first-order valence-electron chi connectivity index (χ1n) is 11.4. The van der Waals surface area contributed by atoms with E-state index in [1.807, 2.05) is 0 Å². The van der Waals surface area contributed by atoms with Gasteiger partial charge in [0.1, 0.15) is 17.7 Å². The van der Waals surface area contributed by atoms with Crippen LogP contribution < -0.4 is 9.46 Å². The Morgan fingerprint density at radius 3 is 2.36 bits per heavy atom. The van der Waals surface area contributed by atoms with Crippen molar-refractivity contribution in [1.29, 1.82) is 0 Å². The number of nitrogens with zero attached hydrogens (tertiary/aromatic N) is 1. The zero-order chi connectivity index (χ0) is 26.3. The van der Waals surface area contributed by atoms with Gasteiger partial charge in [-0.1, -0.05) is 17.7 Å². The minimum absolute atomic E-state index is 0.0627. The summed E-state index contributed by atoms with van der Waals surface area (Å²) in [4.78, 5) is 14.3. The molecule has 2 fully saturated rings. The summed E-state index contributed by atoms with van der Waals surface area (Å²) in [6.07, 6.45) is -0.896. The standard InChI is InChI=1S/C24H25ClF4N2O4S/c1-36(33,34)30-23(32)19-11-18(14-2-3-14)22(12-21(19)26)35-17-6-8-31(9-7-17)13-15-4-5-16(10-20(15)25)24(27,28)29/h4-5,10-12,14,17H,2-3,6-9,13H2,1H3,(H,30,32). The molecule has 1 heterocycles. The second-order valence-electron chi connectivity index (χ2n) is 9.24. The Bertz CT molecular complexity index is 1260. The maximum Gasteiger partial charge on any atom is 0.416 e. The van der Waals surface area contributed by atoms with Crippen molar-refractivity contribution in [3.63, 3.8) is 0 Å². The van der Waals surface area contributed by atoms with E-state index in [1.54, 1.807) is 4.72 Å². The van der Waals surface area contributed by atoms with Crippen LogP contribution >= 0.6 is 11.6 Å². The van der Waals surface area contributed by atoms with E-state index in [9.17, 15) is 30.8 Å². The van der Waals surface area contributed by atoms with E-state index in [1.165, 1.54) is 12.1 Å². The second kappa shape index (κ2) is 10.2. The highest BCUT2D eigenvalue weighted by molar-refractivity contribution is 7.89. The fourth-order valence-electron chi connectivity index (χ4n) is 4.24. The molecule has 1 aliphatic carbocycles. The molecular weight excluding hydrogens is 524 g/mol. The summed E-state index contributed by atoms with van der Waals surface area (Å²) < 4.78 is 83.9. The maximum atomic E-state index is 14.7. The summed E-state index contributed by atoms with van der Waals surface area (Å²) in [7, 11) is -3.84. The predicted molar refractivity (Wildman–Crippen MR) is 126 cm³/mol. The van der Waals surface area contributed by atoms with Crippen LogP contribution in [0.1, 0.15) is 58.6 Å². The molecule has 2 aromatic rings. The first kappa shape index (κ1) is 26.7. The summed E-state index contributed by atoms with van der Waals surface area (Å²) in [5.74, 6) is -1.44. The Morgan fingerprint density at radius 1 is 1.14 bits per heavy atom. The zero-order valence-corrected chi connectivity index (χ0v) is 20.9. The number of carbonyl (C=O) groups excluding carboxylic acids is 1. The molecule has 196 valence electrons. The monoisotopic (exact) mass is 548 g/mol. The molecule has 0 spiro atoms. The van der Waals surface area contributed by atoms with Crippen LogP contribution in [0.3, 0.4) is 0 Å². The van der Waals surface area contributed by atoms with Crippen LogP contribution in [0.2, 0.25) is 5.02 Å². The summed E-state index contributed by atoms with van der Waals surface area (Å²) >= 11 is 6.08. The Balaban J connectivity index is 1.40. The number of hydrogen-bond donors (Lipinski definition) is 1. The molecule has 2 aliphatic rings. The molecule has 12 heteroatoms. The van der Waals surface area contributed by atoms with Crippen LogP contribution in [0.5, 0.6) is 5.75 Å². The highest BCUT2D eigenvalue weighted by Crippen LogP contribution is 2.45. The Kier molecular flexibility index (Phi) is 7.55. The minimum Gasteiger partial charge on any atom is -0.490 e. The van der Waals surface area contributed by atoms with E-state index >= 15 is 0 Å². The number of benzene rings is 2. The Morgan fingerprint density at radius 2 is 1.81 bits per heavy atom. The van der Waals surface area contributed by atoms with Gasteiger partial charge in [-0.25, -0.2) is 17.5 Å². The number of piperidine rings is 1. The van der Waals surface area contributed by atoms with Gasteiger partial charge in [0.05, 0.1) is 17.4 Å². The molecule has 0 aromatic heterocycles. The number of amides is 1. The number of hydrogen-bond acceptors (Lipinski definition) is 5. The zero-order valence-electron chi connectivity index (χ0n) is 19.4. The number of likely N-dealkylation sites (tertiary alicyclic amines) is 1. The lowest BCUT2D eigenvalue weighted by atomic mass is 10.0. The van der Waals surface area contributed by atoms with Crippen LogP contribution in [0.25, 0.3) is 0 Å². The number of alkyl halides is 3. The van der Waals surface area contributed by atoms with Gasteiger partial charge in [-0.15, -0.1) is 0 Å². The molecular formula is C24H25ClF4N2O4S. The van der Waals surface area contributed by atoms with Gasteiger partial charge in [-0.3, -0.25) is 9.69 Å². The van der Waals surface area contributed by atoms with Gasteiger partial charge < -0.3 is 4.74 Å². The number of nitrogens with one attached hydrogen (secondary N) is 1. The first-order valence-corrected chi connectivity index (χ1v) is 13.7. The van der Waals surface area contributed by atoms with Gasteiger partial charge in [-0.05, 0) is 60.9 Å². The Labute approximate surface area is 211 Å². The maximum absolute atomic E-state index is 14.7. The quantitative estimate of drug-likeness (QED) is 0.487. The summed E-state index contributed by atoms with van der Waals surface area (Å²) in [5, 5.41) is 0.0627. The Hall–Kier alpha value is -2.37. The molecule has 1 amide bonds. The van der Waals surface area contributed by atoms with Crippen molar-refractivity contribution in [3.8, 4) is 5.75 Å². The van der Waals surface area contributed by atoms with E-state index in [0.717, 1.165) is 37.3 Å². The van der Waals surface area contributed by atoms with E-state index in [4.69, 9.17) is 16.3 Å². The van der Waals surface area contributed by atoms with Crippen LogP contribution in [0, 0.1) is 5.82 Å². The highest BCUT2D eigenvalue weighted by Gasteiger charge is 2.32. The highest BCUT2D eigenvalue weighted by atomic mass is 35.5. The van der Waals surface area contributed by atoms with Crippen LogP contribution in [0.15, 0.2) is 30.3 Å². The topological polar surface area (TPSA) is 75.7 Å². The lowest BCUT2D eigenvalue weighted by Gasteiger charge is -2.33. The number of halogens is 5. The molecule has 0 atom stereocenters. The fraction of sp³-hybridized carbons (Fsp3) is 0.458. The molecule has 0 bridgehead atoms. The van der Waals surface area contributed by atoms with E-state index in [0.29, 0.717) is 49.4 Å². The van der Waals surface area contributed by atoms with Crippen LogP contribution in [0.4, 0.5) is 17.6 Å². The van der Waals surface area contributed by atoms with Gasteiger partial charge in [0, 0.05) is 30.7 Å². The third-order valence-corrected chi connectivity index (χ3v) is 7.15.